The molecule has 1 heterocycles. The maximum absolute atomic E-state index is 12.8. The molecular formula is C20H20N2O3. The molecule has 3 aromatic rings. The SMILES string of the molecule is O=C(CCn1c(=O)oc2ccccc21)N(Cc1ccccc1)C1CC1. The van der Waals surface area contributed by atoms with Gasteiger partial charge in [-0.25, -0.2) is 4.79 Å². The highest BCUT2D eigenvalue weighted by molar-refractivity contribution is 5.77. The van der Waals surface area contributed by atoms with E-state index in [2.05, 4.69) is 0 Å². The fourth-order valence-corrected chi connectivity index (χ4v) is 3.16. The molecule has 5 nitrogen and oxygen atoms in total. The molecule has 0 atom stereocenters. The normalized spacial score (nSPS) is 13.9. The maximum atomic E-state index is 12.8. The monoisotopic (exact) mass is 336 g/mol. The maximum Gasteiger partial charge on any atom is 0.419 e. The average Bonchev–Trinajstić information content (AvgIpc) is 3.42. The standard InChI is InChI=1S/C20H20N2O3/c23-19(22(16-10-11-16)14-15-6-2-1-3-7-15)12-13-21-17-8-4-5-9-18(17)25-20(21)24/h1-9,16H,10-14H2. The van der Waals surface area contributed by atoms with Crippen LogP contribution in [0.3, 0.4) is 0 Å². The first kappa shape index (κ1) is 15.7. The van der Waals surface area contributed by atoms with Crippen molar-refractivity contribution in [1.82, 2.24) is 9.47 Å². The van der Waals surface area contributed by atoms with Crippen LogP contribution in [0.1, 0.15) is 24.8 Å². The summed E-state index contributed by atoms with van der Waals surface area (Å²) in [6, 6.07) is 17.7. The number of benzene rings is 2. The first-order valence-electron chi connectivity index (χ1n) is 8.64. The lowest BCUT2D eigenvalue weighted by atomic mass is 10.2. The molecule has 128 valence electrons. The van der Waals surface area contributed by atoms with Gasteiger partial charge in [0.05, 0.1) is 5.52 Å². The molecule has 25 heavy (non-hydrogen) atoms. The van der Waals surface area contributed by atoms with Crippen molar-refractivity contribution in [1.29, 1.82) is 0 Å². The highest BCUT2D eigenvalue weighted by atomic mass is 16.4. The Hall–Kier alpha value is -2.82. The van der Waals surface area contributed by atoms with Crippen LogP contribution in [0, 0.1) is 0 Å². The van der Waals surface area contributed by atoms with Crippen molar-refractivity contribution in [2.75, 3.05) is 0 Å². The number of aromatic nitrogens is 1. The zero-order chi connectivity index (χ0) is 17.2. The first-order chi connectivity index (χ1) is 12.2. The van der Waals surface area contributed by atoms with Crippen molar-refractivity contribution in [3.63, 3.8) is 0 Å². The van der Waals surface area contributed by atoms with Crippen LogP contribution in [0.4, 0.5) is 0 Å². The highest BCUT2D eigenvalue weighted by Crippen LogP contribution is 2.29. The van der Waals surface area contributed by atoms with Gasteiger partial charge in [-0.2, -0.15) is 0 Å². The number of oxazole rings is 1. The van der Waals surface area contributed by atoms with Gasteiger partial charge in [-0.3, -0.25) is 9.36 Å². The highest BCUT2D eigenvalue weighted by Gasteiger charge is 2.32. The minimum absolute atomic E-state index is 0.0866. The van der Waals surface area contributed by atoms with Crippen LogP contribution < -0.4 is 5.76 Å². The molecule has 1 aromatic heterocycles. The van der Waals surface area contributed by atoms with Crippen molar-refractivity contribution >= 4 is 17.0 Å². The van der Waals surface area contributed by atoms with E-state index in [0.717, 1.165) is 23.9 Å². The van der Waals surface area contributed by atoms with Gasteiger partial charge in [-0.1, -0.05) is 42.5 Å². The van der Waals surface area contributed by atoms with Crippen molar-refractivity contribution in [2.24, 2.45) is 0 Å². The number of hydrogen-bond acceptors (Lipinski definition) is 3. The van der Waals surface area contributed by atoms with E-state index >= 15 is 0 Å². The molecule has 0 unspecified atom stereocenters. The largest absolute Gasteiger partial charge is 0.419 e. The molecule has 0 bridgehead atoms. The van der Waals surface area contributed by atoms with Crippen LogP contribution in [-0.4, -0.2) is 21.4 Å². The van der Waals surface area contributed by atoms with Gasteiger partial charge >= 0.3 is 5.76 Å². The molecule has 1 aliphatic rings. The second kappa shape index (κ2) is 6.59. The Morgan fingerprint density at radius 2 is 1.80 bits per heavy atom. The molecule has 0 spiro atoms. The third-order valence-electron chi connectivity index (χ3n) is 4.63. The molecule has 1 amide bonds. The lowest BCUT2D eigenvalue weighted by molar-refractivity contribution is -0.132. The second-order valence-corrected chi connectivity index (χ2v) is 6.48. The Morgan fingerprint density at radius 3 is 2.56 bits per heavy atom. The fraction of sp³-hybridized carbons (Fsp3) is 0.300. The molecule has 0 saturated heterocycles. The predicted octanol–water partition coefficient (Wildman–Crippen LogP) is 3.18. The lowest BCUT2D eigenvalue weighted by Gasteiger charge is -2.22. The molecule has 1 saturated carbocycles. The van der Waals surface area contributed by atoms with Gasteiger partial charge in [0, 0.05) is 25.6 Å². The minimum Gasteiger partial charge on any atom is -0.408 e. The quantitative estimate of drug-likeness (QED) is 0.695. The first-order valence-corrected chi connectivity index (χ1v) is 8.64. The zero-order valence-corrected chi connectivity index (χ0v) is 13.9. The number of fused-ring (bicyclic) bond motifs is 1. The summed E-state index contributed by atoms with van der Waals surface area (Å²) in [7, 11) is 0. The van der Waals surface area contributed by atoms with Crippen LogP contribution in [0.15, 0.2) is 63.8 Å². The van der Waals surface area contributed by atoms with Crippen molar-refractivity contribution in [2.45, 2.75) is 38.4 Å². The molecule has 5 heteroatoms. The summed E-state index contributed by atoms with van der Waals surface area (Å²) in [6.07, 6.45) is 2.42. The summed E-state index contributed by atoms with van der Waals surface area (Å²) in [6.45, 7) is 0.970. The zero-order valence-electron chi connectivity index (χ0n) is 13.9. The van der Waals surface area contributed by atoms with Gasteiger partial charge in [-0.05, 0) is 30.5 Å². The fourth-order valence-electron chi connectivity index (χ4n) is 3.16. The van der Waals surface area contributed by atoms with E-state index in [4.69, 9.17) is 4.42 Å². The van der Waals surface area contributed by atoms with Crippen molar-refractivity contribution < 1.29 is 9.21 Å². The number of rotatable bonds is 6. The van der Waals surface area contributed by atoms with Gasteiger partial charge in [0.1, 0.15) is 0 Å². The Bertz CT molecular complexity index is 938. The Kier molecular flexibility index (Phi) is 4.14. The van der Waals surface area contributed by atoms with Gasteiger partial charge in [0.15, 0.2) is 5.58 Å². The average molecular weight is 336 g/mol. The van der Waals surface area contributed by atoms with E-state index < -0.39 is 5.76 Å². The van der Waals surface area contributed by atoms with E-state index in [-0.39, 0.29) is 5.91 Å². The number of carbonyl (C=O) groups is 1. The topological polar surface area (TPSA) is 55.5 Å². The summed E-state index contributed by atoms with van der Waals surface area (Å²) >= 11 is 0. The van der Waals surface area contributed by atoms with E-state index in [1.165, 1.54) is 0 Å². The van der Waals surface area contributed by atoms with Crippen LogP contribution in [-0.2, 0) is 17.9 Å². The summed E-state index contributed by atoms with van der Waals surface area (Å²) < 4.78 is 6.77. The van der Waals surface area contributed by atoms with Gasteiger partial charge < -0.3 is 9.32 Å². The number of hydrogen-bond donors (Lipinski definition) is 0. The molecule has 0 radical (unpaired) electrons. The van der Waals surface area contributed by atoms with Crippen LogP contribution in [0.2, 0.25) is 0 Å². The molecular weight excluding hydrogens is 316 g/mol. The van der Waals surface area contributed by atoms with Crippen LogP contribution >= 0.6 is 0 Å². The number of carbonyl (C=O) groups excluding carboxylic acids is 1. The third kappa shape index (κ3) is 3.36. The van der Waals surface area contributed by atoms with Crippen LogP contribution in [0.25, 0.3) is 11.1 Å². The Morgan fingerprint density at radius 1 is 1.08 bits per heavy atom. The molecule has 1 aliphatic carbocycles. The molecule has 1 fully saturated rings. The molecule has 4 rings (SSSR count). The van der Waals surface area contributed by atoms with Crippen molar-refractivity contribution in [3.8, 4) is 0 Å². The van der Waals surface area contributed by atoms with E-state index in [1.807, 2.05) is 53.4 Å². The summed E-state index contributed by atoms with van der Waals surface area (Å²) in [5.74, 6) is -0.321. The summed E-state index contributed by atoms with van der Waals surface area (Å²) in [5.41, 5.74) is 2.43. The smallest absolute Gasteiger partial charge is 0.408 e. The summed E-state index contributed by atoms with van der Waals surface area (Å²) in [5, 5.41) is 0. The third-order valence-corrected chi connectivity index (χ3v) is 4.63. The van der Waals surface area contributed by atoms with Gasteiger partial charge in [0.2, 0.25) is 5.91 Å². The second-order valence-electron chi connectivity index (χ2n) is 6.48. The summed E-state index contributed by atoms with van der Waals surface area (Å²) in [4.78, 5) is 26.7. The van der Waals surface area contributed by atoms with Gasteiger partial charge in [-0.15, -0.1) is 0 Å². The lowest BCUT2D eigenvalue weighted by Crippen LogP contribution is -2.33. The van der Waals surface area contributed by atoms with Gasteiger partial charge in [0.25, 0.3) is 0 Å². The minimum atomic E-state index is -0.407. The molecule has 0 aliphatic heterocycles. The predicted molar refractivity (Wildman–Crippen MR) is 95.1 cm³/mol. The molecule has 2 aromatic carbocycles. The Balaban J connectivity index is 1.48. The van der Waals surface area contributed by atoms with E-state index in [1.54, 1.807) is 10.6 Å². The van der Waals surface area contributed by atoms with E-state index in [9.17, 15) is 9.59 Å². The number of para-hydroxylation sites is 2. The number of amides is 1. The number of nitrogens with zero attached hydrogens (tertiary/aromatic N) is 2. The Labute approximate surface area is 145 Å². The molecule has 0 N–H and O–H groups in total. The van der Waals surface area contributed by atoms with Crippen molar-refractivity contribution in [3.05, 3.63) is 70.7 Å². The van der Waals surface area contributed by atoms with Crippen LogP contribution in [0.5, 0.6) is 0 Å². The van der Waals surface area contributed by atoms with E-state index in [0.29, 0.717) is 31.1 Å². The number of aryl methyl sites for hydroxylation is 1.